The van der Waals surface area contributed by atoms with Crippen LogP contribution >= 0.6 is 0 Å². The molecule has 0 amide bonds. The highest BCUT2D eigenvalue weighted by Gasteiger charge is 2.23. The highest BCUT2D eigenvalue weighted by atomic mass is 16.5. The van der Waals surface area contributed by atoms with E-state index in [1.807, 2.05) is 14.1 Å². The Kier molecular flexibility index (Phi) is 3.38. The topological polar surface area (TPSA) is 88.6 Å². The van der Waals surface area contributed by atoms with E-state index < -0.39 is 0 Å². The summed E-state index contributed by atoms with van der Waals surface area (Å²) in [5.74, 6) is 0.603. The molecule has 18 heavy (non-hydrogen) atoms. The van der Waals surface area contributed by atoms with Gasteiger partial charge in [0, 0.05) is 19.2 Å². The summed E-state index contributed by atoms with van der Waals surface area (Å²) >= 11 is 0. The highest BCUT2D eigenvalue weighted by molar-refractivity contribution is 5.94. The van der Waals surface area contributed by atoms with Gasteiger partial charge in [-0.15, -0.1) is 0 Å². The minimum absolute atomic E-state index is 0.308. The van der Waals surface area contributed by atoms with Crippen LogP contribution in [0.5, 0.6) is 5.75 Å². The molecule has 1 heterocycles. The van der Waals surface area contributed by atoms with Gasteiger partial charge in [-0.2, -0.15) is 0 Å². The summed E-state index contributed by atoms with van der Waals surface area (Å²) in [6.07, 6.45) is 0. The second-order valence-electron chi connectivity index (χ2n) is 4.82. The van der Waals surface area contributed by atoms with Crippen LogP contribution in [0.1, 0.15) is 0 Å². The van der Waals surface area contributed by atoms with Crippen LogP contribution in [0.15, 0.2) is 6.07 Å². The average molecular weight is 251 g/mol. The van der Waals surface area contributed by atoms with Crippen molar-refractivity contribution in [3.8, 4) is 5.75 Å². The van der Waals surface area contributed by atoms with Gasteiger partial charge in [0.25, 0.3) is 0 Å². The Morgan fingerprint density at radius 1 is 1.39 bits per heavy atom. The molecule has 0 aliphatic carbocycles. The molecule has 1 aromatic carbocycles. The number of likely N-dealkylation sites (N-methyl/N-ethyl adjacent to an activating group) is 1. The van der Waals surface area contributed by atoms with Gasteiger partial charge in [0.15, 0.2) is 0 Å². The third-order valence-corrected chi connectivity index (χ3v) is 3.04. The first kappa shape index (κ1) is 12.6. The van der Waals surface area contributed by atoms with E-state index in [2.05, 4.69) is 15.5 Å². The highest BCUT2D eigenvalue weighted by Crippen LogP contribution is 2.42. The summed E-state index contributed by atoms with van der Waals surface area (Å²) < 4.78 is 5.20. The number of ether oxygens (including phenoxy) is 1. The summed E-state index contributed by atoms with van der Waals surface area (Å²) in [6, 6.07) is 2.06. The van der Waals surface area contributed by atoms with Gasteiger partial charge in [-0.3, -0.25) is 0 Å². The summed E-state index contributed by atoms with van der Waals surface area (Å²) in [5.41, 5.74) is 15.0. The summed E-state index contributed by atoms with van der Waals surface area (Å²) in [5, 5.41) is 6.75. The van der Waals surface area contributed by atoms with Crippen LogP contribution in [0.25, 0.3) is 0 Å². The van der Waals surface area contributed by atoms with Crippen molar-refractivity contribution in [1.82, 2.24) is 4.90 Å². The van der Waals surface area contributed by atoms with Crippen LogP contribution in [-0.4, -0.2) is 45.2 Å². The molecule has 1 aromatic rings. The predicted octanol–water partition coefficient (Wildman–Crippen LogP) is 0.627. The third-order valence-electron chi connectivity index (χ3n) is 3.04. The molecule has 0 saturated heterocycles. The Balaban J connectivity index is 2.30. The summed E-state index contributed by atoms with van der Waals surface area (Å²) in [7, 11) is 5.68. The van der Waals surface area contributed by atoms with Gasteiger partial charge < -0.3 is 31.7 Å². The lowest BCUT2D eigenvalue weighted by atomic mass is 10.1. The normalized spacial score (nSPS) is 17.9. The van der Waals surface area contributed by atoms with Crippen molar-refractivity contribution in [2.24, 2.45) is 0 Å². The number of methoxy groups -OCH3 is 1. The number of nitrogens with two attached hydrogens (primary N) is 2. The standard InChI is InChI=1S/C12H21N5O/c1-17(2)6-7-5-15-12-10(14)9(18-3)4-8(13)11(12)16-7/h4,7,15-16H,5-6,13-14H2,1-3H3. The quantitative estimate of drug-likeness (QED) is 0.589. The van der Waals surface area contributed by atoms with E-state index in [0.717, 1.165) is 24.5 Å². The van der Waals surface area contributed by atoms with Crippen molar-refractivity contribution in [2.45, 2.75) is 6.04 Å². The van der Waals surface area contributed by atoms with Gasteiger partial charge >= 0.3 is 0 Å². The molecular formula is C12H21N5O. The first-order valence-corrected chi connectivity index (χ1v) is 5.94. The zero-order valence-corrected chi connectivity index (χ0v) is 11.1. The lowest BCUT2D eigenvalue weighted by Crippen LogP contribution is -2.41. The summed E-state index contributed by atoms with van der Waals surface area (Å²) in [6.45, 7) is 1.74. The number of nitrogen functional groups attached to an aromatic ring is 2. The van der Waals surface area contributed by atoms with Crippen molar-refractivity contribution in [2.75, 3.05) is 56.4 Å². The smallest absolute Gasteiger partial charge is 0.146 e. The Morgan fingerprint density at radius 2 is 2.11 bits per heavy atom. The third kappa shape index (κ3) is 2.24. The molecule has 1 aliphatic rings. The SMILES string of the molecule is COc1cc(N)c2c(c1N)NCC(CN(C)C)N2. The van der Waals surface area contributed by atoms with Crippen LogP contribution in [0.2, 0.25) is 0 Å². The number of benzene rings is 1. The second-order valence-corrected chi connectivity index (χ2v) is 4.82. The molecule has 1 aliphatic heterocycles. The van der Waals surface area contributed by atoms with Crippen molar-refractivity contribution in [3.05, 3.63) is 6.07 Å². The van der Waals surface area contributed by atoms with Crippen molar-refractivity contribution in [1.29, 1.82) is 0 Å². The van der Waals surface area contributed by atoms with Gasteiger partial charge in [0.2, 0.25) is 0 Å². The Morgan fingerprint density at radius 3 is 2.72 bits per heavy atom. The summed E-state index contributed by atoms with van der Waals surface area (Å²) in [4.78, 5) is 2.13. The van der Waals surface area contributed by atoms with Crippen LogP contribution < -0.4 is 26.8 Å². The monoisotopic (exact) mass is 251 g/mol. The number of hydrogen-bond acceptors (Lipinski definition) is 6. The Hall–Kier alpha value is -1.82. The Labute approximate surface area is 107 Å². The molecule has 1 atom stereocenters. The van der Waals surface area contributed by atoms with Gasteiger partial charge in [-0.25, -0.2) is 0 Å². The maximum absolute atomic E-state index is 6.04. The fourth-order valence-corrected chi connectivity index (χ4v) is 2.23. The van der Waals surface area contributed by atoms with Crippen LogP contribution in [0, 0.1) is 0 Å². The Bertz CT molecular complexity index is 447. The minimum atomic E-state index is 0.308. The fraction of sp³-hybridized carbons (Fsp3) is 0.500. The molecule has 1 unspecified atom stereocenters. The lowest BCUT2D eigenvalue weighted by Gasteiger charge is -2.32. The van der Waals surface area contributed by atoms with E-state index in [1.165, 1.54) is 0 Å². The number of fused-ring (bicyclic) bond motifs is 1. The molecule has 0 radical (unpaired) electrons. The number of anilines is 4. The molecule has 2 rings (SSSR count). The maximum atomic E-state index is 6.04. The van der Waals surface area contributed by atoms with E-state index in [-0.39, 0.29) is 0 Å². The average Bonchev–Trinajstić information content (AvgIpc) is 2.33. The van der Waals surface area contributed by atoms with E-state index in [9.17, 15) is 0 Å². The van der Waals surface area contributed by atoms with E-state index in [1.54, 1.807) is 13.2 Å². The van der Waals surface area contributed by atoms with E-state index in [0.29, 0.717) is 23.2 Å². The van der Waals surface area contributed by atoms with Crippen molar-refractivity contribution >= 4 is 22.7 Å². The maximum Gasteiger partial charge on any atom is 0.146 e. The second kappa shape index (κ2) is 4.81. The molecule has 0 bridgehead atoms. The largest absolute Gasteiger partial charge is 0.494 e. The molecule has 0 fully saturated rings. The minimum Gasteiger partial charge on any atom is -0.494 e. The predicted molar refractivity (Wildman–Crippen MR) is 76.3 cm³/mol. The van der Waals surface area contributed by atoms with Crippen LogP contribution in [0.4, 0.5) is 22.7 Å². The lowest BCUT2D eigenvalue weighted by molar-refractivity contribution is 0.386. The molecule has 6 heteroatoms. The molecule has 100 valence electrons. The zero-order valence-electron chi connectivity index (χ0n) is 11.1. The first-order chi connectivity index (χ1) is 8.52. The first-order valence-electron chi connectivity index (χ1n) is 5.94. The van der Waals surface area contributed by atoms with E-state index >= 15 is 0 Å². The van der Waals surface area contributed by atoms with Crippen molar-refractivity contribution < 1.29 is 4.74 Å². The van der Waals surface area contributed by atoms with Crippen LogP contribution in [0.3, 0.4) is 0 Å². The van der Waals surface area contributed by atoms with Crippen LogP contribution in [-0.2, 0) is 0 Å². The fourth-order valence-electron chi connectivity index (χ4n) is 2.23. The molecule has 0 aromatic heterocycles. The van der Waals surface area contributed by atoms with Gasteiger partial charge in [-0.1, -0.05) is 0 Å². The number of nitrogens with one attached hydrogen (secondary N) is 2. The van der Waals surface area contributed by atoms with Gasteiger partial charge in [-0.05, 0) is 14.1 Å². The molecule has 6 N–H and O–H groups in total. The van der Waals surface area contributed by atoms with Gasteiger partial charge in [0.1, 0.15) is 5.75 Å². The van der Waals surface area contributed by atoms with E-state index in [4.69, 9.17) is 16.2 Å². The molecule has 6 nitrogen and oxygen atoms in total. The number of rotatable bonds is 3. The molecule has 0 spiro atoms. The molecular weight excluding hydrogens is 230 g/mol. The number of nitrogens with zero attached hydrogens (tertiary/aromatic N) is 1. The number of hydrogen-bond donors (Lipinski definition) is 4. The van der Waals surface area contributed by atoms with Crippen molar-refractivity contribution in [3.63, 3.8) is 0 Å². The zero-order chi connectivity index (χ0) is 13.3. The van der Waals surface area contributed by atoms with Gasteiger partial charge in [0.05, 0.1) is 35.9 Å². The molecule has 0 saturated carbocycles.